The van der Waals surface area contributed by atoms with E-state index in [1.54, 1.807) is 6.92 Å². The third-order valence-electron chi connectivity index (χ3n) is 4.44. The quantitative estimate of drug-likeness (QED) is 0.902. The van der Waals surface area contributed by atoms with Gasteiger partial charge in [-0.25, -0.2) is 0 Å². The van der Waals surface area contributed by atoms with Crippen LogP contribution in [0, 0.1) is 5.92 Å². The Morgan fingerprint density at radius 1 is 1.38 bits per heavy atom. The fraction of sp³-hybridized carbons (Fsp3) is 0.500. The fourth-order valence-electron chi connectivity index (χ4n) is 3.05. The Bertz CT molecular complexity index is 676. The van der Waals surface area contributed by atoms with Crippen molar-refractivity contribution >= 4 is 18.3 Å². The summed E-state index contributed by atoms with van der Waals surface area (Å²) in [7, 11) is 0. The smallest absolute Gasteiger partial charge is 0.249 e. The minimum absolute atomic E-state index is 0. The third-order valence-corrected chi connectivity index (χ3v) is 4.44. The van der Waals surface area contributed by atoms with Crippen LogP contribution in [0.4, 0.5) is 0 Å². The van der Waals surface area contributed by atoms with Crippen molar-refractivity contribution in [3.63, 3.8) is 0 Å². The zero-order chi connectivity index (χ0) is 16.4. The van der Waals surface area contributed by atoms with Gasteiger partial charge in [0.25, 0.3) is 0 Å². The SMILES string of the molecule is CC1CC(CN)CN1C(=O)C(C)n1nnc(-c2ccccc2)n1.Cl. The molecule has 2 heterocycles. The Morgan fingerprint density at radius 2 is 2.08 bits per heavy atom. The maximum atomic E-state index is 12.7. The van der Waals surface area contributed by atoms with E-state index in [0.717, 1.165) is 12.0 Å². The Balaban J connectivity index is 0.00000208. The van der Waals surface area contributed by atoms with Gasteiger partial charge in [-0.2, -0.15) is 4.80 Å². The second-order valence-corrected chi connectivity index (χ2v) is 6.15. The number of halogens is 1. The summed E-state index contributed by atoms with van der Waals surface area (Å²) < 4.78 is 0. The molecule has 1 saturated heterocycles. The maximum absolute atomic E-state index is 12.7. The topological polar surface area (TPSA) is 89.9 Å². The molecule has 2 aromatic rings. The molecule has 3 unspecified atom stereocenters. The Hall–Kier alpha value is -1.99. The van der Waals surface area contributed by atoms with Crippen LogP contribution in [-0.4, -0.2) is 50.1 Å². The van der Waals surface area contributed by atoms with Gasteiger partial charge in [0, 0.05) is 18.2 Å². The van der Waals surface area contributed by atoms with Crippen LogP contribution >= 0.6 is 12.4 Å². The highest BCUT2D eigenvalue weighted by molar-refractivity contribution is 5.85. The number of nitrogens with zero attached hydrogens (tertiary/aromatic N) is 5. The first-order valence-electron chi connectivity index (χ1n) is 7.95. The number of rotatable bonds is 4. The van der Waals surface area contributed by atoms with E-state index in [-0.39, 0.29) is 24.4 Å². The van der Waals surface area contributed by atoms with Crippen molar-refractivity contribution < 1.29 is 4.79 Å². The molecule has 0 aliphatic carbocycles. The summed E-state index contributed by atoms with van der Waals surface area (Å²) in [4.78, 5) is 16.0. The number of carbonyl (C=O) groups is 1. The van der Waals surface area contributed by atoms with Gasteiger partial charge in [-0.15, -0.1) is 22.6 Å². The molecule has 7 nitrogen and oxygen atoms in total. The number of likely N-dealkylation sites (tertiary alicyclic amines) is 1. The fourth-order valence-corrected chi connectivity index (χ4v) is 3.05. The molecule has 0 radical (unpaired) electrons. The third kappa shape index (κ3) is 3.57. The molecule has 2 N–H and O–H groups in total. The minimum Gasteiger partial charge on any atom is -0.338 e. The summed E-state index contributed by atoms with van der Waals surface area (Å²) in [5.74, 6) is 0.926. The zero-order valence-corrected chi connectivity index (χ0v) is 14.7. The molecular formula is C16H23ClN6O. The second-order valence-electron chi connectivity index (χ2n) is 6.15. The number of benzene rings is 1. The molecule has 24 heavy (non-hydrogen) atoms. The molecule has 1 aromatic carbocycles. The van der Waals surface area contributed by atoms with E-state index in [9.17, 15) is 4.79 Å². The Kier molecular flexibility index (Phi) is 5.90. The zero-order valence-electron chi connectivity index (χ0n) is 13.9. The van der Waals surface area contributed by atoms with Crippen molar-refractivity contribution in [3.8, 4) is 11.4 Å². The number of hydrogen-bond donors (Lipinski definition) is 1. The van der Waals surface area contributed by atoms with Crippen molar-refractivity contribution in [1.82, 2.24) is 25.1 Å². The van der Waals surface area contributed by atoms with Gasteiger partial charge in [0.05, 0.1) is 0 Å². The van der Waals surface area contributed by atoms with Crippen LogP contribution in [0.3, 0.4) is 0 Å². The summed E-state index contributed by atoms with van der Waals surface area (Å²) in [5.41, 5.74) is 6.62. The lowest BCUT2D eigenvalue weighted by Crippen LogP contribution is -2.39. The van der Waals surface area contributed by atoms with Crippen molar-refractivity contribution in [1.29, 1.82) is 0 Å². The molecule has 1 aliphatic heterocycles. The van der Waals surface area contributed by atoms with Gasteiger partial charge in [-0.3, -0.25) is 4.79 Å². The first-order valence-corrected chi connectivity index (χ1v) is 7.95. The van der Waals surface area contributed by atoms with E-state index in [0.29, 0.717) is 24.8 Å². The standard InChI is InChI=1S/C16H22N6O.ClH/c1-11-8-13(9-17)10-21(11)16(23)12(2)22-19-15(18-20-22)14-6-4-3-5-7-14;/h3-7,11-13H,8-10,17H2,1-2H3;1H. The molecule has 1 aromatic heterocycles. The van der Waals surface area contributed by atoms with Gasteiger partial charge in [-0.05, 0) is 37.9 Å². The molecule has 8 heteroatoms. The van der Waals surface area contributed by atoms with Crippen LogP contribution in [-0.2, 0) is 4.79 Å². The molecule has 0 spiro atoms. The van der Waals surface area contributed by atoms with Gasteiger partial charge < -0.3 is 10.6 Å². The first-order chi connectivity index (χ1) is 11.1. The second kappa shape index (κ2) is 7.72. The molecule has 1 amide bonds. The van der Waals surface area contributed by atoms with Gasteiger partial charge in [0.2, 0.25) is 11.7 Å². The number of aromatic nitrogens is 4. The Labute approximate surface area is 147 Å². The van der Waals surface area contributed by atoms with Crippen LogP contribution in [0.5, 0.6) is 0 Å². The van der Waals surface area contributed by atoms with Crippen LogP contribution < -0.4 is 5.73 Å². The van der Waals surface area contributed by atoms with Crippen LogP contribution in [0.15, 0.2) is 30.3 Å². The number of nitrogens with two attached hydrogens (primary N) is 1. The first kappa shape index (κ1) is 18.4. The van der Waals surface area contributed by atoms with Crippen LogP contribution in [0.1, 0.15) is 26.3 Å². The lowest BCUT2D eigenvalue weighted by atomic mass is 10.1. The molecule has 1 fully saturated rings. The lowest BCUT2D eigenvalue weighted by molar-refractivity contribution is -0.135. The van der Waals surface area contributed by atoms with E-state index in [1.165, 1.54) is 4.80 Å². The minimum atomic E-state index is -0.473. The van der Waals surface area contributed by atoms with E-state index in [1.807, 2.05) is 35.2 Å². The molecule has 3 atom stereocenters. The summed E-state index contributed by atoms with van der Waals surface area (Å²) in [6.45, 7) is 5.19. The molecule has 3 rings (SSSR count). The number of tetrazole rings is 1. The highest BCUT2D eigenvalue weighted by Gasteiger charge is 2.35. The van der Waals surface area contributed by atoms with Gasteiger partial charge in [-0.1, -0.05) is 30.3 Å². The summed E-state index contributed by atoms with van der Waals surface area (Å²) in [6, 6.07) is 9.34. The summed E-state index contributed by atoms with van der Waals surface area (Å²) in [5, 5.41) is 12.5. The maximum Gasteiger partial charge on any atom is 0.249 e. The van der Waals surface area contributed by atoms with E-state index in [2.05, 4.69) is 22.3 Å². The highest BCUT2D eigenvalue weighted by Crippen LogP contribution is 2.25. The average molecular weight is 351 g/mol. The summed E-state index contributed by atoms with van der Waals surface area (Å²) >= 11 is 0. The largest absolute Gasteiger partial charge is 0.338 e. The number of hydrogen-bond acceptors (Lipinski definition) is 5. The van der Waals surface area contributed by atoms with Crippen molar-refractivity contribution in [2.24, 2.45) is 11.7 Å². The van der Waals surface area contributed by atoms with Gasteiger partial charge in [0.1, 0.15) is 6.04 Å². The van der Waals surface area contributed by atoms with Crippen molar-refractivity contribution in [2.45, 2.75) is 32.4 Å². The number of amides is 1. The highest BCUT2D eigenvalue weighted by atomic mass is 35.5. The van der Waals surface area contributed by atoms with Crippen LogP contribution in [0.25, 0.3) is 11.4 Å². The van der Waals surface area contributed by atoms with E-state index < -0.39 is 6.04 Å². The van der Waals surface area contributed by atoms with Gasteiger partial charge >= 0.3 is 0 Å². The van der Waals surface area contributed by atoms with E-state index >= 15 is 0 Å². The molecule has 130 valence electrons. The number of carbonyl (C=O) groups excluding carboxylic acids is 1. The average Bonchev–Trinajstić information content (AvgIpc) is 3.21. The normalized spacial score (nSPS) is 21.4. The Morgan fingerprint density at radius 3 is 2.71 bits per heavy atom. The summed E-state index contributed by atoms with van der Waals surface area (Å²) in [6.07, 6.45) is 0.953. The van der Waals surface area contributed by atoms with Gasteiger partial charge in [0.15, 0.2) is 0 Å². The van der Waals surface area contributed by atoms with Crippen molar-refractivity contribution in [3.05, 3.63) is 30.3 Å². The predicted octanol–water partition coefficient (Wildman–Crippen LogP) is 1.52. The molecule has 0 bridgehead atoms. The lowest BCUT2D eigenvalue weighted by Gasteiger charge is -2.24. The van der Waals surface area contributed by atoms with Crippen molar-refractivity contribution in [2.75, 3.05) is 13.1 Å². The predicted molar refractivity (Wildman–Crippen MR) is 93.5 cm³/mol. The molecule has 1 aliphatic rings. The molecule has 0 saturated carbocycles. The van der Waals surface area contributed by atoms with E-state index in [4.69, 9.17) is 5.73 Å². The molecular weight excluding hydrogens is 328 g/mol. The monoisotopic (exact) mass is 350 g/mol. The van der Waals surface area contributed by atoms with Crippen LogP contribution in [0.2, 0.25) is 0 Å².